The number of hydrogen-bond donors (Lipinski definition) is 4. The molecule has 2 heterocycles. The largest absolute Gasteiger partial charge is 0.394 e. The first kappa shape index (κ1) is 23.6. The van der Waals surface area contributed by atoms with E-state index < -0.39 is 43.1 Å². The van der Waals surface area contributed by atoms with Gasteiger partial charge in [-0.3, -0.25) is 9.36 Å². The third kappa shape index (κ3) is 5.04. The lowest BCUT2D eigenvalue weighted by Gasteiger charge is -2.42. The van der Waals surface area contributed by atoms with Crippen LogP contribution in [0.25, 0.3) is 11.4 Å². The third-order valence-corrected chi connectivity index (χ3v) is 5.82. The fourth-order valence-corrected chi connectivity index (χ4v) is 4.12. The topological polar surface area (TPSA) is 122 Å². The van der Waals surface area contributed by atoms with E-state index in [9.17, 15) is 20.1 Å². The number of aromatic nitrogens is 3. The molecule has 9 nitrogen and oxygen atoms in total. The summed E-state index contributed by atoms with van der Waals surface area (Å²) in [4.78, 5) is 11.8. The summed E-state index contributed by atoms with van der Waals surface area (Å²) in [5, 5.41) is 37.9. The van der Waals surface area contributed by atoms with Gasteiger partial charge in [0.25, 0.3) is 0 Å². The number of hydrogen-bond acceptors (Lipinski definition) is 7. The van der Waals surface area contributed by atoms with Crippen molar-refractivity contribution in [3.8, 4) is 11.4 Å². The van der Waals surface area contributed by atoms with Crippen molar-refractivity contribution in [1.29, 1.82) is 0 Å². The molecule has 170 valence electrons. The zero-order valence-electron chi connectivity index (χ0n) is 17.7. The summed E-state index contributed by atoms with van der Waals surface area (Å²) in [5.41, 5.74) is 0.870. The number of ether oxygens (including phenoxy) is 1. The molecule has 3 rings (SSSR count). The van der Waals surface area contributed by atoms with E-state index in [-0.39, 0.29) is 0 Å². The van der Waals surface area contributed by atoms with Gasteiger partial charge in [0.1, 0.15) is 24.4 Å². The van der Waals surface area contributed by atoms with Crippen LogP contribution in [0.3, 0.4) is 0 Å². The average Bonchev–Trinajstić information content (AvgIpc) is 3.08. The molecule has 1 saturated heterocycles. The van der Waals surface area contributed by atoms with E-state index in [1.807, 2.05) is 34.9 Å². The molecule has 0 unspecified atom stereocenters. The van der Waals surface area contributed by atoms with E-state index >= 15 is 0 Å². The molecule has 0 saturated carbocycles. The molecular formula is C21H30N4O5S. The lowest BCUT2D eigenvalue weighted by atomic mass is 9.96. The highest BCUT2D eigenvalue weighted by Gasteiger charge is 2.46. The highest BCUT2D eigenvalue weighted by Crippen LogP contribution is 2.30. The van der Waals surface area contributed by atoms with E-state index in [4.69, 9.17) is 22.1 Å². The van der Waals surface area contributed by atoms with Gasteiger partial charge in [0.2, 0.25) is 10.7 Å². The van der Waals surface area contributed by atoms with Crippen LogP contribution in [0.15, 0.2) is 30.3 Å². The van der Waals surface area contributed by atoms with E-state index in [1.165, 1.54) is 11.6 Å². The van der Waals surface area contributed by atoms with Crippen LogP contribution in [0, 0.1) is 4.77 Å². The van der Waals surface area contributed by atoms with Crippen LogP contribution in [0.4, 0.5) is 0 Å². The summed E-state index contributed by atoms with van der Waals surface area (Å²) < 4.78 is 9.61. The molecular weight excluding hydrogens is 420 g/mol. The van der Waals surface area contributed by atoms with Crippen molar-refractivity contribution in [2.24, 2.45) is 0 Å². The van der Waals surface area contributed by atoms with Gasteiger partial charge in [-0.1, -0.05) is 50.1 Å². The van der Waals surface area contributed by atoms with Gasteiger partial charge in [0.05, 0.1) is 6.61 Å². The van der Waals surface area contributed by atoms with Crippen LogP contribution in [0.2, 0.25) is 0 Å². The lowest BCUT2D eigenvalue weighted by molar-refractivity contribution is -0.219. The van der Waals surface area contributed by atoms with Crippen molar-refractivity contribution < 1.29 is 24.9 Å². The molecule has 1 fully saturated rings. The van der Waals surface area contributed by atoms with E-state index in [1.54, 1.807) is 0 Å². The minimum atomic E-state index is -1.37. The average molecular weight is 451 g/mol. The van der Waals surface area contributed by atoms with Gasteiger partial charge in [-0.25, -0.2) is 4.68 Å². The van der Waals surface area contributed by atoms with E-state index in [0.717, 1.165) is 24.8 Å². The molecule has 0 spiro atoms. The van der Waals surface area contributed by atoms with Gasteiger partial charge < -0.3 is 25.4 Å². The highest BCUT2D eigenvalue weighted by atomic mass is 32.1. The number of carbonyl (C=O) groups excluding carboxylic acids is 1. The maximum absolute atomic E-state index is 11.8. The second-order valence-electron chi connectivity index (χ2n) is 7.73. The number of unbranched alkanes of at least 4 members (excludes halogenated alkanes) is 2. The van der Waals surface area contributed by atoms with Crippen molar-refractivity contribution in [2.75, 3.05) is 6.61 Å². The first-order chi connectivity index (χ1) is 14.9. The van der Waals surface area contributed by atoms with Gasteiger partial charge in [0, 0.05) is 19.0 Å². The van der Waals surface area contributed by atoms with Crippen LogP contribution in [-0.4, -0.2) is 66.5 Å². The number of benzene rings is 1. The smallest absolute Gasteiger partial charge is 0.217 e. The number of nitrogens with zero attached hydrogens (tertiary/aromatic N) is 3. The Hall–Kier alpha value is -2.11. The maximum Gasteiger partial charge on any atom is 0.217 e. The number of aliphatic hydroxyl groups excluding tert-OH is 3. The monoisotopic (exact) mass is 450 g/mol. The van der Waals surface area contributed by atoms with Gasteiger partial charge >= 0.3 is 0 Å². The predicted molar refractivity (Wildman–Crippen MR) is 117 cm³/mol. The zero-order valence-corrected chi connectivity index (χ0v) is 18.5. The van der Waals surface area contributed by atoms with Gasteiger partial charge in [-0.05, 0) is 18.6 Å². The van der Waals surface area contributed by atoms with Crippen molar-refractivity contribution in [3.05, 3.63) is 35.1 Å². The van der Waals surface area contributed by atoms with Crippen molar-refractivity contribution in [2.45, 2.75) is 70.2 Å². The molecule has 1 aliphatic rings. The molecule has 0 radical (unpaired) electrons. The molecule has 10 heteroatoms. The van der Waals surface area contributed by atoms with Crippen molar-refractivity contribution in [3.63, 3.8) is 0 Å². The molecule has 1 aromatic heterocycles. The van der Waals surface area contributed by atoms with Gasteiger partial charge in [-0.2, -0.15) is 0 Å². The molecule has 1 amide bonds. The molecule has 1 aromatic carbocycles. The summed E-state index contributed by atoms with van der Waals surface area (Å²) >= 11 is 5.72. The fourth-order valence-electron chi connectivity index (χ4n) is 3.80. The van der Waals surface area contributed by atoms with E-state index in [0.29, 0.717) is 17.1 Å². The van der Waals surface area contributed by atoms with Crippen LogP contribution >= 0.6 is 12.2 Å². The van der Waals surface area contributed by atoms with E-state index in [2.05, 4.69) is 12.2 Å². The number of aliphatic hydroxyl groups is 3. The number of carbonyl (C=O) groups is 1. The minimum absolute atomic E-state index is 0.371. The quantitative estimate of drug-likeness (QED) is 0.354. The third-order valence-electron chi connectivity index (χ3n) is 5.41. The minimum Gasteiger partial charge on any atom is -0.394 e. The first-order valence-corrected chi connectivity index (χ1v) is 10.9. The van der Waals surface area contributed by atoms with Gasteiger partial charge in [0.15, 0.2) is 12.1 Å². The number of rotatable bonds is 8. The Kier molecular flexibility index (Phi) is 7.95. The van der Waals surface area contributed by atoms with Crippen LogP contribution < -0.4 is 5.32 Å². The first-order valence-electron chi connectivity index (χ1n) is 10.5. The normalized spacial score (nSPS) is 26.0. The Morgan fingerprint density at radius 1 is 1.23 bits per heavy atom. The molecule has 31 heavy (non-hydrogen) atoms. The second-order valence-corrected chi connectivity index (χ2v) is 8.10. The molecule has 1 aliphatic heterocycles. The number of nitrogens with one attached hydrogen (secondary N) is 1. The summed E-state index contributed by atoms with van der Waals surface area (Å²) in [7, 11) is 0. The van der Waals surface area contributed by atoms with Crippen molar-refractivity contribution >= 4 is 18.1 Å². The van der Waals surface area contributed by atoms with Gasteiger partial charge in [-0.15, -0.1) is 5.10 Å². The second kappa shape index (κ2) is 10.5. The summed E-state index contributed by atoms with van der Waals surface area (Å²) in [6.07, 6.45) is -1.77. The molecule has 4 N–H and O–H groups in total. The Balaban J connectivity index is 2.08. The Bertz CT molecular complexity index is 932. The molecule has 2 aromatic rings. The Labute approximate surface area is 186 Å². The zero-order chi connectivity index (χ0) is 22.5. The SMILES string of the molecule is CCCCCn1c(-c2ccccc2)nn([C@@H]2O[C@H](CO)[C@H](O)[C@H](O)[C@@H]2NC(C)=O)c1=S. The Morgan fingerprint density at radius 3 is 2.55 bits per heavy atom. The maximum atomic E-state index is 11.8. The summed E-state index contributed by atoms with van der Waals surface area (Å²) in [6.45, 7) is 3.59. The summed E-state index contributed by atoms with van der Waals surface area (Å²) in [5.74, 6) is 0.248. The summed E-state index contributed by atoms with van der Waals surface area (Å²) in [6, 6.07) is 8.60. The molecule has 5 atom stereocenters. The van der Waals surface area contributed by atoms with Crippen LogP contribution in [0.1, 0.15) is 39.3 Å². The van der Waals surface area contributed by atoms with Crippen LogP contribution in [-0.2, 0) is 16.1 Å². The standard InChI is InChI=1S/C21H30N4O5S/c1-3-4-8-11-24-19(14-9-6-5-7-10-14)23-25(21(24)31)20-16(22-13(2)27)18(29)17(28)15(12-26)30-20/h5-7,9-10,15-18,20,26,28-29H,3-4,8,11-12H2,1-2H3,(H,22,27)/t15-,16+,17+,18-,20-/m1/s1. The fraction of sp³-hybridized carbons (Fsp3) is 0.571. The number of amides is 1. The molecule has 0 aliphatic carbocycles. The predicted octanol–water partition coefficient (Wildman–Crippen LogP) is 1.39. The van der Waals surface area contributed by atoms with Crippen molar-refractivity contribution in [1.82, 2.24) is 19.7 Å². The highest BCUT2D eigenvalue weighted by molar-refractivity contribution is 7.71. The Morgan fingerprint density at radius 2 is 1.94 bits per heavy atom. The molecule has 0 bridgehead atoms. The van der Waals surface area contributed by atoms with Crippen LogP contribution in [0.5, 0.6) is 0 Å². The lowest BCUT2D eigenvalue weighted by Crippen LogP contribution is -2.62.